The molecule has 3 aromatic rings. The molecule has 0 fully saturated rings. The molecule has 4 N–H and O–H groups in total. The van der Waals surface area contributed by atoms with Gasteiger partial charge in [-0.2, -0.15) is 0 Å². The van der Waals surface area contributed by atoms with Crippen LogP contribution in [0.3, 0.4) is 0 Å². The number of H-pyrrole nitrogens is 2. The topological polar surface area (TPSA) is 107 Å². The molecule has 0 radical (unpaired) electrons. The summed E-state index contributed by atoms with van der Waals surface area (Å²) in [5.41, 5.74) is 3.21. The summed E-state index contributed by atoms with van der Waals surface area (Å²) in [7, 11) is 0. The van der Waals surface area contributed by atoms with Gasteiger partial charge in [0.05, 0.1) is 17.5 Å². The maximum Gasteiger partial charge on any atom is 0.323 e. The number of carbonyl (C=O) groups is 2. The van der Waals surface area contributed by atoms with Crippen molar-refractivity contribution in [3.05, 3.63) is 58.5 Å². The summed E-state index contributed by atoms with van der Waals surface area (Å²) in [4.78, 5) is 39.7. The molecule has 0 saturated heterocycles. The fraction of sp³-hybridized carbons (Fsp3) is 0.118. The third-order valence-corrected chi connectivity index (χ3v) is 3.43. The minimum absolute atomic E-state index is 0.148. The Balaban J connectivity index is 1.65. The van der Waals surface area contributed by atoms with E-state index in [0.717, 1.165) is 5.56 Å². The third-order valence-electron chi connectivity index (χ3n) is 3.43. The Hall–Kier alpha value is -3.35. The monoisotopic (exact) mass is 324 g/mol. The Labute approximate surface area is 137 Å². The zero-order chi connectivity index (χ0) is 17.1. The molecule has 24 heavy (non-hydrogen) atoms. The molecule has 2 aromatic carbocycles. The lowest BCUT2D eigenvalue weighted by Gasteiger charge is -2.07. The third kappa shape index (κ3) is 3.70. The summed E-state index contributed by atoms with van der Waals surface area (Å²) in [6.07, 6.45) is 0.191. The van der Waals surface area contributed by atoms with Crippen LogP contribution in [0.4, 0.5) is 11.4 Å². The molecule has 0 spiro atoms. The molecule has 0 atom stereocenters. The highest BCUT2D eigenvalue weighted by Crippen LogP contribution is 2.15. The Morgan fingerprint density at radius 2 is 1.54 bits per heavy atom. The van der Waals surface area contributed by atoms with Crippen LogP contribution in [0.25, 0.3) is 11.0 Å². The van der Waals surface area contributed by atoms with Gasteiger partial charge in [0.15, 0.2) is 0 Å². The largest absolute Gasteiger partial charge is 0.326 e. The molecule has 1 aromatic heterocycles. The summed E-state index contributed by atoms with van der Waals surface area (Å²) in [5.74, 6) is -0.315. The van der Waals surface area contributed by atoms with Gasteiger partial charge in [-0.1, -0.05) is 6.07 Å². The fourth-order valence-corrected chi connectivity index (χ4v) is 2.42. The molecule has 0 aliphatic rings. The summed E-state index contributed by atoms with van der Waals surface area (Å²) in [5, 5.41) is 5.45. The Morgan fingerprint density at radius 3 is 2.21 bits per heavy atom. The van der Waals surface area contributed by atoms with E-state index < -0.39 is 0 Å². The highest BCUT2D eigenvalue weighted by molar-refractivity contribution is 5.93. The van der Waals surface area contributed by atoms with Gasteiger partial charge in [-0.25, -0.2) is 4.79 Å². The molecule has 0 saturated carbocycles. The van der Waals surface area contributed by atoms with Crippen LogP contribution in [-0.4, -0.2) is 21.8 Å². The number of aromatic amines is 2. The number of nitrogens with one attached hydrogen (secondary N) is 4. The van der Waals surface area contributed by atoms with E-state index in [4.69, 9.17) is 0 Å². The molecular formula is C17H16N4O3. The van der Waals surface area contributed by atoms with E-state index in [2.05, 4.69) is 20.6 Å². The molecule has 7 nitrogen and oxygen atoms in total. The molecule has 3 rings (SSSR count). The first-order valence-corrected chi connectivity index (χ1v) is 7.38. The lowest BCUT2D eigenvalue weighted by atomic mass is 10.1. The molecule has 0 unspecified atom stereocenters. The van der Waals surface area contributed by atoms with Crippen LogP contribution in [-0.2, 0) is 16.0 Å². The molecular weight excluding hydrogens is 308 g/mol. The van der Waals surface area contributed by atoms with Gasteiger partial charge in [-0.05, 0) is 42.0 Å². The van der Waals surface area contributed by atoms with Gasteiger partial charge < -0.3 is 20.6 Å². The van der Waals surface area contributed by atoms with Gasteiger partial charge in [0.2, 0.25) is 11.8 Å². The molecule has 0 aliphatic heterocycles. The predicted molar refractivity (Wildman–Crippen MR) is 92.0 cm³/mol. The van der Waals surface area contributed by atoms with Crippen molar-refractivity contribution < 1.29 is 9.59 Å². The van der Waals surface area contributed by atoms with E-state index in [0.29, 0.717) is 22.4 Å². The van der Waals surface area contributed by atoms with Crippen LogP contribution < -0.4 is 16.3 Å². The molecule has 0 bridgehead atoms. The number of hydrogen-bond donors (Lipinski definition) is 4. The van der Waals surface area contributed by atoms with E-state index in [-0.39, 0.29) is 23.9 Å². The molecule has 1 heterocycles. The van der Waals surface area contributed by atoms with Gasteiger partial charge in [0.1, 0.15) is 0 Å². The SMILES string of the molecule is CC(=O)Nc1ccc(NC(=O)Cc2ccc3[nH]c(=O)[nH]c3c2)cc1. The second-order valence-corrected chi connectivity index (χ2v) is 5.44. The Bertz CT molecular complexity index is 954. The average molecular weight is 324 g/mol. The first-order valence-electron chi connectivity index (χ1n) is 7.38. The number of anilines is 2. The van der Waals surface area contributed by atoms with Crippen molar-refractivity contribution in [3.8, 4) is 0 Å². The molecule has 0 aliphatic carbocycles. The van der Waals surface area contributed by atoms with Crippen molar-refractivity contribution in [1.82, 2.24) is 9.97 Å². The molecule has 122 valence electrons. The van der Waals surface area contributed by atoms with Crippen LogP contribution in [0.15, 0.2) is 47.3 Å². The molecule has 7 heteroatoms. The number of imidazole rings is 1. The zero-order valence-electron chi connectivity index (χ0n) is 13.0. The summed E-state index contributed by atoms with van der Waals surface area (Å²) in [6.45, 7) is 1.43. The van der Waals surface area contributed by atoms with Crippen LogP contribution in [0, 0.1) is 0 Å². The highest BCUT2D eigenvalue weighted by atomic mass is 16.2. The predicted octanol–water partition coefficient (Wildman–Crippen LogP) is 2.00. The van der Waals surface area contributed by atoms with Crippen LogP contribution in [0.2, 0.25) is 0 Å². The summed E-state index contributed by atoms with van der Waals surface area (Å²) < 4.78 is 0. The second kappa shape index (κ2) is 6.41. The van der Waals surface area contributed by atoms with Gasteiger partial charge >= 0.3 is 5.69 Å². The number of rotatable bonds is 4. The maximum atomic E-state index is 12.1. The zero-order valence-corrected chi connectivity index (χ0v) is 13.0. The van der Waals surface area contributed by atoms with Crippen molar-refractivity contribution in [2.75, 3.05) is 10.6 Å². The summed E-state index contributed by atoms with van der Waals surface area (Å²) in [6, 6.07) is 12.2. The van der Waals surface area contributed by atoms with Crippen molar-refractivity contribution >= 4 is 34.2 Å². The van der Waals surface area contributed by atoms with Gasteiger partial charge in [-0.3, -0.25) is 9.59 Å². The van der Waals surface area contributed by atoms with Gasteiger partial charge in [0.25, 0.3) is 0 Å². The van der Waals surface area contributed by atoms with Crippen LogP contribution in [0.5, 0.6) is 0 Å². The van der Waals surface area contributed by atoms with E-state index in [1.807, 2.05) is 0 Å². The lowest BCUT2D eigenvalue weighted by Crippen LogP contribution is -2.14. The van der Waals surface area contributed by atoms with E-state index in [9.17, 15) is 14.4 Å². The van der Waals surface area contributed by atoms with Crippen molar-refractivity contribution in [2.45, 2.75) is 13.3 Å². The number of amides is 2. The highest BCUT2D eigenvalue weighted by Gasteiger charge is 2.06. The van der Waals surface area contributed by atoms with Crippen molar-refractivity contribution in [1.29, 1.82) is 0 Å². The van der Waals surface area contributed by atoms with E-state index in [1.165, 1.54) is 6.92 Å². The number of benzene rings is 2. The number of aromatic nitrogens is 2. The quantitative estimate of drug-likeness (QED) is 0.589. The van der Waals surface area contributed by atoms with E-state index >= 15 is 0 Å². The number of carbonyl (C=O) groups excluding carboxylic acids is 2. The van der Waals surface area contributed by atoms with Gasteiger partial charge in [-0.15, -0.1) is 0 Å². The van der Waals surface area contributed by atoms with E-state index in [1.54, 1.807) is 42.5 Å². The summed E-state index contributed by atoms with van der Waals surface area (Å²) >= 11 is 0. The van der Waals surface area contributed by atoms with Crippen LogP contribution in [0.1, 0.15) is 12.5 Å². The first kappa shape index (κ1) is 15.5. The maximum absolute atomic E-state index is 12.1. The number of hydrogen-bond acceptors (Lipinski definition) is 3. The van der Waals surface area contributed by atoms with Crippen molar-refractivity contribution in [2.24, 2.45) is 0 Å². The standard InChI is InChI=1S/C17H16N4O3/c1-10(22)18-12-3-5-13(6-4-12)19-16(23)9-11-2-7-14-15(8-11)21-17(24)20-14/h2-8H,9H2,1H3,(H,18,22)(H,19,23)(H2,20,21,24). The molecule has 2 amide bonds. The average Bonchev–Trinajstić information content (AvgIpc) is 2.88. The van der Waals surface area contributed by atoms with Gasteiger partial charge in [0, 0.05) is 18.3 Å². The minimum atomic E-state index is -0.272. The van der Waals surface area contributed by atoms with Crippen LogP contribution >= 0.6 is 0 Å². The number of fused-ring (bicyclic) bond motifs is 1. The first-order chi connectivity index (χ1) is 11.5. The van der Waals surface area contributed by atoms with Crippen molar-refractivity contribution in [3.63, 3.8) is 0 Å². The minimum Gasteiger partial charge on any atom is -0.326 e. The Kier molecular flexibility index (Phi) is 4.15. The smallest absolute Gasteiger partial charge is 0.323 e. The lowest BCUT2D eigenvalue weighted by molar-refractivity contribution is -0.116. The Morgan fingerprint density at radius 1 is 0.917 bits per heavy atom. The normalized spacial score (nSPS) is 10.5. The second-order valence-electron chi connectivity index (χ2n) is 5.44. The fourth-order valence-electron chi connectivity index (χ4n) is 2.42.